The number of unbranched alkanes of at least 4 members (excludes halogenated alkanes) is 1. The van der Waals surface area contributed by atoms with Crippen molar-refractivity contribution in [3.8, 4) is 0 Å². The van der Waals surface area contributed by atoms with Gasteiger partial charge in [0.05, 0.1) is 11.6 Å². The minimum atomic E-state index is 0.119. The summed E-state index contributed by atoms with van der Waals surface area (Å²) < 4.78 is 5.58. The van der Waals surface area contributed by atoms with Crippen molar-refractivity contribution in [2.45, 2.75) is 33.1 Å². The van der Waals surface area contributed by atoms with Gasteiger partial charge in [0, 0.05) is 10.9 Å². The van der Waals surface area contributed by atoms with Crippen LogP contribution in [0.25, 0.3) is 11.0 Å². The molecule has 0 aliphatic heterocycles. The highest BCUT2D eigenvalue weighted by Crippen LogP contribution is 2.17. The smallest absolute Gasteiger partial charge is 0.195 e. The largest absolute Gasteiger partial charge is 0.464 e. The van der Waals surface area contributed by atoms with Crippen LogP contribution in [0, 0.1) is 13.8 Å². The van der Waals surface area contributed by atoms with E-state index in [0.29, 0.717) is 11.0 Å². The van der Waals surface area contributed by atoms with E-state index >= 15 is 0 Å². The van der Waals surface area contributed by atoms with Gasteiger partial charge in [-0.1, -0.05) is 15.9 Å². The van der Waals surface area contributed by atoms with E-state index in [0.717, 1.165) is 41.3 Å². The standard InChI is InChI=1S/C15H17BrO2/c1-10-7-13-14(8-11(10)2)18-9-12(15(13)17)5-3-4-6-16/h7-9H,3-6H2,1-2H3. The van der Waals surface area contributed by atoms with E-state index in [1.54, 1.807) is 6.26 Å². The Hall–Kier alpha value is -1.09. The van der Waals surface area contributed by atoms with Gasteiger partial charge in [-0.3, -0.25) is 4.79 Å². The number of aryl methyl sites for hydroxylation is 3. The molecule has 2 aromatic rings. The fraction of sp³-hybridized carbons (Fsp3) is 0.400. The van der Waals surface area contributed by atoms with Gasteiger partial charge in [0.25, 0.3) is 0 Å². The maximum Gasteiger partial charge on any atom is 0.195 e. The fourth-order valence-corrected chi connectivity index (χ4v) is 2.40. The van der Waals surface area contributed by atoms with E-state index in [1.165, 1.54) is 0 Å². The molecular formula is C15H17BrO2. The average molecular weight is 309 g/mol. The van der Waals surface area contributed by atoms with Gasteiger partial charge in [-0.15, -0.1) is 0 Å². The van der Waals surface area contributed by atoms with Crippen LogP contribution >= 0.6 is 15.9 Å². The third-order valence-electron chi connectivity index (χ3n) is 3.29. The first-order valence-corrected chi connectivity index (χ1v) is 7.33. The summed E-state index contributed by atoms with van der Waals surface area (Å²) in [6.45, 7) is 4.05. The Balaban J connectivity index is 2.44. The van der Waals surface area contributed by atoms with Crippen LogP contribution in [0.4, 0.5) is 0 Å². The highest BCUT2D eigenvalue weighted by Gasteiger charge is 2.08. The van der Waals surface area contributed by atoms with Gasteiger partial charge in [0.2, 0.25) is 0 Å². The molecule has 0 fully saturated rings. The third-order valence-corrected chi connectivity index (χ3v) is 3.85. The monoisotopic (exact) mass is 308 g/mol. The number of benzene rings is 1. The second-order valence-electron chi connectivity index (χ2n) is 4.67. The van der Waals surface area contributed by atoms with Crippen LogP contribution in [-0.2, 0) is 6.42 Å². The third kappa shape index (κ3) is 2.66. The molecule has 0 unspecified atom stereocenters. The van der Waals surface area contributed by atoms with Crippen LogP contribution in [0.2, 0.25) is 0 Å². The lowest BCUT2D eigenvalue weighted by molar-refractivity contribution is 0.588. The second-order valence-corrected chi connectivity index (χ2v) is 5.46. The molecule has 0 bridgehead atoms. The summed E-state index contributed by atoms with van der Waals surface area (Å²) in [7, 11) is 0. The lowest BCUT2D eigenvalue weighted by atomic mass is 10.0. The summed E-state index contributed by atoms with van der Waals surface area (Å²) in [4.78, 5) is 12.3. The highest BCUT2D eigenvalue weighted by atomic mass is 79.9. The summed E-state index contributed by atoms with van der Waals surface area (Å²) in [5.41, 5.74) is 3.87. The van der Waals surface area contributed by atoms with E-state index in [1.807, 2.05) is 26.0 Å². The predicted molar refractivity (Wildman–Crippen MR) is 78.7 cm³/mol. The molecule has 2 nitrogen and oxygen atoms in total. The topological polar surface area (TPSA) is 30.2 Å². The van der Waals surface area contributed by atoms with Crippen LogP contribution < -0.4 is 5.43 Å². The van der Waals surface area contributed by atoms with Gasteiger partial charge in [-0.2, -0.15) is 0 Å². The summed E-state index contributed by atoms with van der Waals surface area (Å²) in [5, 5.41) is 1.68. The van der Waals surface area contributed by atoms with Crippen molar-refractivity contribution in [1.29, 1.82) is 0 Å². The van der Waals surface area contributed by atoms with Crippen molar-refractivity contribution in [2.24, 2.45) is 0 Å². The molecular weight excluding hydrogens is 292 g/mol. The molecule has 3 heteroatoms. The van der Waals surface area contributed by atoms with E-state index in [2.05, 4.69) is 15.9 Å². The molecule has 0 radical (unpaired) electrons. The molecule has 1 heterocycles. The molecule has 0 N–H and O–H groups in total. The normalized spacial score (nSPS) is 11.1. The maximum atomic E-state index is 12.3. The van der Waals surface area contributed by atoms with Gasteiger partial charge in [-0.05, 0) is 56.4 Å². The second kappa shape index (κ2) is 5.70. The Morgan fingerprint density at radius 3 is 2.61 bits per heavy atom. The summed E-state index contributed by atoms with van der Waals surface area (Å²) >= 11 is 3.40. The van der Waals surface area contributed by atoms with Gasteiger partial charge in [0.1, 0.15) is 5.58 Å². The van der Waals surface area contributed by atoms with Crippen LogP contribution in [0.3, 0.4) is 0 Å². The Morgan fingerprint density at radius 2 is 1.89 bits per heavy atom. The molecule has 1 aromatic carbocycles. The number of halogens is 1. The summed E-state index contributed by atoms with van der Waals surface area (Å²) in [6, 6.07) is 3.87. The molecule has 0 aliphatic carbocycles. The highest BCUT2D eigenvalue weighted by molar-refractivity contribution is 9.09. The molecule has 2 rings (SSSR count). The zero-order valence-electron chi connectivity index (χ0n) is 10.8. The first-order valence-electron chi connectivity index (χ1n) is 6.21. The lowest BCUT2D eigenvalue weighted by Crippen LogP contribution is -2.09. The van der Waals surface area contributed by atoms with Crippen molar-refractivity contribution < 1.29 is 4.42 Å². The van der Waals surface area contributed by atoms with E-state index < -0.39 is 0 Å². The van der Waals surface area contributed by atoms with Crippen molar-refractivity contribution in [2.75, 3.05) is 5.33 Å². The van der Waals surface area contributed by atoms with Crippen molar-refractivity contribution in [3.05, 3.63) is 45.3 Å². The zero-order valence-corrected chi connectivity index (χ0v) is 12.3. The van der Waals surface area contributed by atoms with E-state index in [-0.39, 0.29) is 5.43 Å². The van der Waals surface area contributed by atoms with E-state index in [9.17, 15) is 4.79 Å². The molecule has 0 amide bonds. The van der Waals surface area contributed by atoms with Gasteiger partial charge in [-0.25, -0.2) is 0 Å². The summed E-state index contributed by atoms with van der Waals surface area (Å²) in [5.74, 6) is 0. The Bertz CT molecular complexity index is 614. The minimum Gasteiger partial charge on any atom is -0.464 e. The molecule has 0 atom stereocenters. The molecule has 96 valence electrons. The SMILES string of the molecule is Cc1cc2occ(CCCCBr)c(=O)c2cc1C. The van der Waals surface area contributed by atoms with Gasteiger partial charge in [0.15, 0.2) is 5.43 Å². The van der Waals surface area contributed by atoms with E-state index in [4.69, 9.17) is 4.42 Å². The van der Waals surface area contributed by atoms with Crippen molar-refractivity contribution in [1.82, 2.24) is 0 Å². The van der Waals surface area contributed by atoms with Gasteiger partial charge >= 0.3 is 0 Å². The fourth-order valence-electron chi connectivity index (χ4n) is 2.01. The lowest BCUT2D eigenvalue weighted by Gasteiger charge is -2.05. The Kier molecular flexibility index (Phi) is 4.23. The van der Waals surface area contributed by atoms with Crippen LogP contribution in [0.15, 0.2) is 27.6 Å². The molecule has 0 spiro atoms. The molecule has 0 saturated carbocycles. The average Bonchev–Trinajstić information content (AvgIpc) is 2.35. The van der Waals surface area contributed by atoms with Crippen molar-refractivity contribution >= 4 is 26.9 Å². The molecule has 18 heavy (non-hydrogen) atoms. The zero-order chi connectivity index (χ0) is 13.1. The molecule has 0 aliphatic rings. The predicted octanol–water partition coefficient (Wildman–Crippen LogP) is 4.13. The molecule has 0 saturated heterocycles. The quantitative estimate of drug-likeness (QED) is 0.628. The van der Waals surface area contributed by atoms with Crippen LogP contribution in [0.5, 0.6) is 0 Å². The minimum absolute atomic E-state index is 0.119. The first kappa shape index (κ1) is 13.3. The Labute approximate surface area is 115 Å². The van der Waals surface area contributed by atoms with Crippen LogP contribution in [-0.4, -0.2) is 5.33 Å². The number of hydrogen-bond acceptors (Lipinski definition) is 2. The Morgan fingerprint density at radius 1 is 1.17 bits per heavy atom. The molecule has 1 aromatic heterocycles. The number of rotatable bonds is 4. The van der Waals surface area contributed by atoms with Crippen molar-refractivity contribution in [3.63, 3.8) is 0 Å². The van der Waals surface area contributed by atoms with Crippen LogP contribution in [0.1, 0.15) is 29.5 Å². The number of fused-ring (bicyclic) bond motifs is 1. The maximum absolute atomic E-state index is 12.3. The number of hydrogen-bond donors (Lipinski definition) is 0. The van der Waals surface area contributed by atoms with Gasteiger partial charge < -0.3 is 4.42 Å². The number of alkyl halides is 1. The summed E-state index contributed by atoms with van der Waals surface area (Å²) in [6.07, 6.45) is 4.49. The first-order chi connectivity index (χ1) is 8.63.